The van der Waals surface area contributed by atoms with Crippen LogP contribution in [0.3, 0.4) is 0 Å². The lowest BCUT2D eigenvalue weighted by Gasteiger charge is -2.01. The fourth-order valence-electron chi connectivity index (χ4n) is 2.68. The van der Waals surface area contributed by atoms with Crippen LogP contribution in [-0.2, 0) is 0 Å². The van der Waals surface area contributed by atoms with Crippen LogP contribution in [0.2, 0.25) is 0 Å². The molecule has 20 heavy (non-hydrogen) atoms. The quantitative estimate of drug-likeness (QED) is 0.530. The second kappa shape index (κ2) is 3.70. The minimum Gasteiger partial charge on any atom is -0.306 e. The first-order valence-electron chi connectivity index (χ1n) is 6.55. The van der Waals surface area contributed by atoms with Crippen molar-refractivity contribution in [2.45, 2.75) is 13.8 Å². The second-order valence-electron chi connectivity index (χ2n) is 5.17. The predicted molar refractivity (Wildman–Crippen MR) is 80.3 cm³/mol. The van der Waals surface area contributed by atoms with E-state index in [1.165, 1.54) is 5.56 Å². The Morgan fingerprint density at radius 1 is 1.10 bits per heavy atom. The zero-order chi connectivity index (χ0) is 13.9. The molecular weight excluding hydrogens is 250 g/mol. The van der Waals surface area contributed by atoms with Crippen LogP contribution in [0.5, 0.6) is 0 Å². The van der Waals surface area contributed by atoms with Crippen LogP contribution in [0.25, 0.3) is 27.6 Å². The normalized spacial score (nSPS) is 11.7. The van der Waals surface area contributed by atoms with Crippen molar-refractivity contribution in [1.29, 1.82) is 0 Å². The van der Waals surface area contributed by atoms with E-state index in [1.54, 1.807) is 4.40 Å². The Kier molecular flexibility index (Phi) is 2.07. The molecule has 0 bridgehead atoms. The van der Waals surface area contributed by atoms with Gasteiger partial charge in [-0.2, -0.15) is 0 Å². The number of nitrogens with zero attached hydrogens (tertiary/aromatic N) is 2. The van der Waals surface area contributed by atoms with E-state index in [1.807, 2.05) is 43.3 Å². The van der Waals surface area contributed by atoms with Gasteiger partial charge >= 0.3 is 5.69 Å². The number of para-hydroxylation sites is 1. The number of imidazole rings is 1. The largest absolute Gasteiger partial charge is 0.332 e. The number of nitrogens with one attached hydrogen (secondary N) is 1. The standard InChI is InChI=1S/C16H13N3O/c1-9-7-13-14(8-10(9)2)19-15(17-13)11-5-3-4-6-12(11)18-16(19)20/h3-8H,1-2H3,(H,18,20). The third-order valence-electron chi connectivity index (χ3n) is 3.88. The van der Waals surface area contributed by atoms with Crippen LogP contribution in [0.4, 0.5) is 0 Å². The van der Waals surface area contributed by atoms with Crippen molar-refractivity contribution in [3.63, 3.8) is 0 Å². The van der Waals surface area contributed by atoms with E-state index in [9.17, 15) is 4.79 Å². The maximum Gasteiger partial charge on any atom is 0.332 e. The molecule has 4 rings (SSSR count). The number of aryl methyl sites for hydroxylation is 2. The smallest absolute Gasteiger partial charge is 0.306 e. The Balaban J connectivity index is 2.35. The van der Waals surface area contributed by atoms with Gasteiger partial charge in [0.25, 0.3) is 0 Å². The number of hydrogen-bond acceptors (Lipinski definition) is 2. The number of aromatic amines is 1. The van der Waals surface area contributed by atoms with E-state index in [0.717, 1.165) is 27.5 Å². The second-order valence-corrected chi connectivity index (χ2v) is 5.17. The average molecular weight is 263 g/mol. The highest BCUT2D eigenvalue weighted by Gasteiger charge is 2.11. The van der Waals surface area contributed by atoms with Crippen molar-refractivity contribution < 1.29 is 0 Å². The Hall–Kier alpha value is -2.62. The molecule has 0 saturated carbocycles. The lowest BCUT2D eigenvalue weighted by Crippen LogP contribution is -2.15. The maximum absolute atomic E-state index is 12.3. The van der Waals surface area contributed by atoms with Crippen molar-refractivity contribution in [2.24, 2.45) is 0 Å². The number of rotatable bonds is 0. The van der Waals surface area contributed by atoms with E-state index in [4.69, 9.17) is 0 Å². The van der Waals surface area contributed by atoms with Gasteiger partial charge in [0.2, 0.25) is 0 Å². The van der Waals surface area contributed by atoms with Crippen molar-refractivity contribution in [2.75, 3.05) is 0 Å². The SMILES string of the molecule is Cc1cc2nc3c4ccccc4[nH]c(=O)n3c2cc1C. The number of H-pyrrole nitrogens is 1. The molecule has 0 spiro atoms. The molecule has 0 aliphatic rings. The third kappa shape index (κ3) is 1.36. The summed E-state index contributed by atoms with van der Waals surface area (Å²) >= 11 is 0. The molecule has 0 unspecified atom stereocenters. The summed E-state index contributed by atoms with van der Waals surface area (Å²) in [6, 6.07) is 11.8. The van der Waals surface area contributed by atoms with E-state index >= 15 is 0 Å². The van der Waals surface area contributed by atoms with Gasteiger partial charge in [0.05, 0.1) is 16.6 Å². The Bertz CT molecular complexity index is 1040. The number of benzene rings is 2. The van der Waals surface area contributed by atoms with Gasteiger partial charge in [-0.05, 0) is 49.2 Å². The van der Waals surface area contributed by atoms with Crippen LogP contribution in [0.1, 0.15) is 11.1 Å². The van der Waals surface area contributed by atoms with Crippen LogP contribution in [-0.4, -0.2) is 14.4 Å². The fourth-order valence-corrected chi connectivity index (χ4v) is 2.68. The Morgan fingerprint density at radius 3 is 2.70 bits per heavy atom. The fraction of sp³-hybridized carbons (Fsp3) is 0.125. The van der Waals surface area contributed by atoms with Gasteiger partial charge in [0.1, 0.15) is 0 Å². The number of hydrogen-bond donors (Lipinski definition) is 1. The van der Waals surface area contributed by atoms with Crippen LogP contribution < -0.4 is 5.69 Å². The van der Waals surface area contributed by atoms with E-state index < -0.39 is 0 Å². The molecule has 0 amide bonds. The number of aromatic nitrogens is 3. The summed E-state index contributed by atoms with van der Waals surface area (Å²) in [5.74, 6) is 0. The van der Waals surface area contributed by atoms with Crippen LogP contribution in [0.15, 0.2) is 41.2 Å². The van der Waals surface area contributed by atoms with E-state index in [2.05, 4.69) is 16.9 Å². The summed E-state index contributed by atoms with van der Waals surface area (Å²) in [5.41, 5.74) is 5.43. The third-order valence-corrected chi connectivity index (χ3v) is 3.88. The molecule has 0 aliphatic heterocycles. The minimum absolute atomic E-state index is 0.149. The van der Waals surface area contributed by atoms with Gasteiger partial charge < -0.3 is 4.98 Å². The van der Waals surface area contributed by atoms with E-state index in [-0.39, 0.29) is 5.69 Å². The zero-order valence-corrected chi connectivity index (χ0v) is 11.3. The summed E-state index contributed by atoms with van der Waals surface area (Å²) in [7, 11) is 0. The van der Waals surface area contributed by atoms with Crippen molar-refractivity contribution in [1.82, 2.24) is 14.4 Å². The predicted octanol–water partition coefficient (Wildman–Crippen LogP) is 2.95. The first-order chi connectivity index (χ1) is 9.65. The molecule has 0 saturated heterocycles. The molecule has 0 radical (unpaired) electrons. The minimum atomic E-state index is -0.149. The van der Waals surface area contributed by atoms with Crippen LogP contribution in [0, 0.1) is 13.8 Å². The molecular formula is C16H13N3O. The highest BCUT2D eigenvalue weighted by Crippen LogP contribution is 2.23. The summed E-state index contributed by atoms with van der Waals surface area (Å²) in [4.78, 5) is 19.9. The van der Waals surface area contributed by atoms with Gasteiger partial charge in [0, 0.05) is 5.39 Å². The molecule has 0 aliphatic carbocycles. The van der Waals surface area contributed by atoms with Gasteiger partial charge in [-0.1, -0.05) is 12.1 Å². The monoisotopic (exact) mass is 263 g/mol. The Labute approximate surface area is 114 Å². The molecule has 98 valence electrons. The van der Waals surface area contributed by atoms with Gasteiger partial charge in [-0.3, -0.25) is 0 Å². The van der Waals surface area contributed by atoms with Crippen LogP contribution >= 0.6 is 0 Å². The lowest BCUT2D eigenvalue weighted by molar-refractivity contribution is 1.06. The molecule has 4 nitrogen and oxygen atoms in total. The summed E-state index contributed by atoms with van der Waals surface area (Å²) < 4.78 is 1.66. The zero-order valence-electron chi connectivity index (χ0n) is 11.3. The van der Waals surface area contributed by atoms with Crippen molar-refractivity contribution in [3.8, 4) is 0 Å². The summed E-state index contributed by atoms with van der Waals surface area (Å²) in [6.07, 6.45) is 0. The lowest BCUT2D eigenvalue weighted by atomic mass is 10.1. The Morgan fingerprint density at radius 2 is 1.85 bits per heavy atom. The highest BCUT2D eigenvalue weighted by atomic mass is 16.1. The molecule has 0 fully saturated rings. The molecule has 2 aromatic carbocycles. The molecule has 4 heteroatoms. The van der Waals surface area contributed by atoms with Gasteiger partial charge in [-0.25, -0.2) is 14.2 Å². The average Bonchev–Trinajstić information content (AvgIpc) is 2.79. The molecule has 2 aromatic heterocycles. The van der Waals surface area contributed by atoms with Crippen molar-refractivity contribution >= 4 is 27.6 Å². The maximum atomic E-state index is 12.3. The van der Waals surface area contributed by atoms with E-state index in [0.29, 0.717) is 5.65 Å². The topological polar surface area (TPSA) is 50.2 Å². The first kappa shape index (κ1) is 11.2. The first-order valence-corrected chi connectivity index (χ1v) is 6.55. The molecule has 2 heterocycles. The molecule has 1 N–H and O–H groups in total. The van der Waals surface area contributed by atoms with Gasteiger partial charge in [0.15, 0.2) is 5.65 Å². The molecule has 0 atom stereocenters. The summed E-state index contributed by atoms with van der Waals surface area (Å²) in [5, 5.41) is 0.957. The molecule has 4 aromatic rings. The summed E-state index contributed by atoms with van der Waals surface area (Å²) in [6.45, 7) is 4.10. The van der Waals surface area contributed by atoms with Gasteiger partial charge in [-0.15, -0.1) is 0 Å². The highest BCUT2D eigenvalue weighted by molar-refractivity contribution is 5.96. The number of fused-ring (bicyclic) bond motifs is 5. The van der Waals surface area contributed by atoms with Crippen molar-refractivity contribution in [3.05, 3.63) is 58.0 Å².